The normalized spacial score (nSPS) is 31.2. The summed E-state index contributed by atoms with van der Waals surface area (Å²) in [5.41, 5.74) is 0. The van der Waals surface area contributed by atoms with E-state index in [0.29, 0.717) is 12.8 Å². The summed E-state index contributed by atoms with van der Waals surface area (Å²) < 4.78 is 3.98. The van der Waals surface area contributed by atoms with Gasteiger partial charge in [0.2, 0.25) is 0 Å². The van der Waals surface area contributed by atoms with Gasteiger partial charge in [-0.1, -0.05) is 22.9 Å². The highest BCUT2D eigenvalue weighted by molar-refractivity contribution is 9.10. The maximum absolute atomic E-state index is 11.5. The summed E-state index contributed by atoms with van der Waals surface area (Å²) in [6.07, 6.45) is 1.93. The molecule has 4 heteroatoms. The second kappa shape index (κ2) is 3.78. The van der Waals surface area contributed by atoms with Crippen molar-refractivity contribution >= 4 is 27.7 Å². The Kier molecular flexibility index (Phi) is 3.11. The number of halogens is 1. The summed E-state index contributed by atoms with van der Waals surface area (Å²) >= 11 is 3.31. The van der Waals surface area contributed by atoms with Gasteiger partial charge in [0.05, 0.1) is 17.4 Å². The first-order valence-electron chi connectivity index (χ1n) is 4.36. The molecule has 1 aliphatic carbocycles. The lowest BCUT2D eigenvalue weighted by molar-refractivity contribution is -0.143. The Bertz CT molecular complexity index is 239. The van der Waals surface area contributed by atoms with Gasteiger partial charge in [0.1, 0.15) is 5.78 Å². The fourth-order valence-electron chi connectivity index (χ4n) is 1.39. The Hall–Kier alpha value is -0.380. The third-order valence-corrected chi connectivity index (χ3v) is 3.64. The first kappa shape index (κ1) is 10.7. The maximum Gasteiger partial charge on any atom is 0.310 e. The molecule has 0 aliphatic heterocycles. The first-order chi connectivity index (χ1) is 6.06. The molecule has 13 heavy (non-hydrogen) atoms. The number of hydrogen-bond donors (Lipinski definition) is 0. The van der Waals surface area contributed by atoms with Gasteiger partial charge in [-0.15, -0.1) is 0 Å². The standard InChI is InChI=1S/C9H13BrO3/c1-3-4-7(11)9(10)5-6(9)8(12)13-2/h6H,3-5H2,1-2H3. The van der Waals surface area contributed by atoms with E-state index >= 15 is 0 Å². The maximum atomic E-state index is 11.5. The van der Waals surface area contributed by atoms with Gasteiger partial charge in [0.25, 0.3) is 0 Å². The minimum Gasteiger partial charge on any atom is -0.469 e. The quantitative estimate of drug-likeness (QED) is 0.562. The number of ketones is 1. The predicted molar refractivity (Wildman–Crippen MR) is 51.7 cm³/mol. The highest BCUT2D eigenvalue weighted by atomic mass is 79.9. The van der Waals surface area contributed by atoms with Crippen molar-refractivity contribution in [1.82, 2.24) is 0 Å². The van der Waals surface area contributed by atoms with Gasteiger partial charge in [0, 0.05) is 6.42 Å². The van der Waals surface area contributed by atoms with Crippen molar-refractivity contribution in [3.8, 4) is 0 Å². The minimum absolute atomic E-state index is 0.116. The summed E-state index contributed by atoms with van der Waals surface area (Å²) in [7, 11) is 1.35. The Balaban J connectivity index is 2.54. The van der Waals surface area contributed by atoms with Gasteiger partial charge in [-0.05, 0) is 12.8 Å². The average molecular weight is 249 g/mol. The molecular weight excluding hydrogens is 236 g/mol. The van der Waals surface area contributed by atoms with Crippen LogP contribution in [0.5, 0.6) is 0 Å². The summed E-state index contributed by atoms with van der Waals surface area (Å²) in [4.78, 5) is 22.6. The van der Waals surface area contributed by atoms with Crippen LogP contribution in [0.1, 0.15) is 26.2 Å². The van der Waals surface area contributed by atoms with Crippen molar-refractivity contribution in [2.45, 2.75) is 30.5 Å². The second-order valence-electron chi connectivity index (χ2n) is 3.32. The monoisotopic (exact) mass is 248 g/mol. The second-order valence-corrected chi connectivity index (χ2v) is 4.73. The molecule has 0 heterocycles. The fraction of sp³-hybridized carbons (Fsp3) is 0.778. The first-order valence-corrected chi connectivity index (χ1v) is 5.15. The number of esters is 1. The number of rotatable bonds is 4. The van der Waals surface area contributed by atoms with Crippen molar-refractivity contribution in [1.29, 1.82) is 0 Å². The molecular formula is C9H13BrO3. The van der Waals surface area contributed by atoms with Crippen LogP contribution in [0, 0.1) is 5.92 Å². The number of methoxy groups -OCH3 is 1. The molecule has 0 radical (unpaired) electrons. The Labute approximate surface area is 86.0 Å². The molecule has 0 aromatic carbocycles. The van der Waals surface area contributed by atoms with Gasteiger partial charge in [0.15, 0.2) is 0 Å². The molecule has 0 spiro atoms. The molecule has 0 aromatic heterocycles. The minimum atomic E-state index is -0.601. The lowest BCUT2D eigenvalue weighted by Gasteiger charge is -2.05. The summed E-state index contributed by atoms with van der Waals surface area (Å²) in [6.45, 7) is 1.95. The molecule has 0 aromatic rings. The molecule has 3 nitrogen and oxygen atoms in total. The molecule has 1 aliphatic rings. The van der Waals surface area contributed by atoms with Crippen molar-refractivity contribution in [3.05, 3.63) is 0 Å². The van der Waals surface area contributed by atoms with Gasteiger partial charge in [-0.3, -0.25) is 9.59 Å². The van der Waals surface area contributed by atoms with E-state index in [1.54, 1.807) is 0 Å². The average Bonchev–Trinajstić information content (AvgIpc) is 2.79. The molecule has 74 valence electrons. The third kappa shape index (κ3) is 1.93. The number of ether oxygens (including phenoxy) is 1. The summed E-state index contributed by atoms with van der Waals surface area (Å²) in [5, 5.41) is 0. The van der Waals surface area contributed by atoms with Crippen LogP contribution in [0.15, 0.2) is 0 Å². The van der Waals surface area contributed by atoms with Crippen LogP contribution >= 0.6 is 15.9 Å². The van der Waals surface area contributed by atoms with Gasteiger partial charge in [-0.25, -0.2) is 0 Å². The van der Waals surface area contributed by atoms with Gasteiger partial charge < -0.3 is 4.74 Å². The Morgan fingerprint density at radius 3 is 2.69 bits per heavy atom. The zero-order valence-corrected chi connectivity index (χ0v) is 9.39. The fourth-order valence-corrected chi connectivity index (χ4v) is 2.10. The van der Waals surface area contributed by atoms with Crippen LogP contribution < -0.4 is 0 Å². The van der Waals surface area contributed by atoms with Crippen molar-refractivity contribution in [2.24, 2.45) is 5.92 Å². The Morgan fingerprint density at radius 1 is 1.62 bits per heavy atom. The molecule has 1 rings (SSSR count). The molecule has 0 bridgehead atoms. The largest absolute Gasteiger partial charge is 0.469 e. The zero-order chi connectivity index (χ0) is 10.1. The van der Waals surface area contributed by atoms with Gasteiger partial charge in [-0.2, -0.15) is 0 Å². The van der Waals surface area contributed by atoms with Crippen LogP contribution in [0.25, 0.3) is 0 Å². The lowest BCUT2D eigenvalue weighted by atomic mass is 10.1. The van der Waals surface area contributed by atoms with Crippen molar-refractivity contribution in [3.63, 3.8) is 0 Å². The SMILES string of the molecule is CCCC(=O)C1(Br)CC1C(=O)OC. The third-order valence-electron chi connectivity index (χ3n) is 2.32. The number of carbonyl (C=O) groups excluding carboxylic acids is 2. The number of Topliss-reactive ketones (excluding diaryl/α,β-unsaturated/α-hetero) is 1. The molecule has 0 saturated heterocycles. The number of hydrogen-bond acceptors (Lipinski definition) is 3. The molecule has 2 unspecified atom stereocenters. The summed E-state index contributed by atoms with van der Waals surface area (Å²) in [5.74, 6) is -0.441. The van der Waals surface area contributed by atoms with E-state index in [2.05, 4.69) is 20.7 Å². The van der Waals surface area contributed by atoms with Crippen LogP contribution in [0.2, 0.25) is 0 Å². The van der Waals surface area contributed by atoms with E-state index in [-0.39, 0.29) is 17.7 Å². The van der Waals surface area contributed by atoms with E-state index in [4.69, 9.17) is 0 Å². The predicted octanol–water partition coefficient (Wildman–Crippen LogP) is 1.68. The van der Waals surface area contributed by atoms with Crippen molar-refractivity contribution in [2.75, 3.05) is 7.11 Å². The number of carbonyl (C=O) groups is 2. The summed E-state index contributed by atoms with van der Waals surface area (Å²) in [6, 6.07) is 0. The highest BCUT2D eigenvalue weighted by Gasteiger charge is 2.61. The molecule has 1 saturated carbocycles. The van der Waals surface area contributed by atoms with E-state index in [0.717, 1.165) is 6.42 Å². The number of alkyl halides is 1. The van der Waals surface area contributed by atoms with E-state index in [1.807, 2.05) is 6.92 Å². The van der Waals surface area contributed by atoms with Crippen LogP contribution in [-0.4, -0.2) is 23.2 Å². The lowest BCUT2D eigenvalue weighted by Crippen LogP contribution is -2.21. The smallest absolute Gasteiger partial charge is 0.310 e. The molecule has 1 fully saturated rings. The highest BCUT2D eigenvalue weighted by Crippen LogP contribution is 2.53. The van der Waals surface area contributed by atoms with Gasteiger partial charge >= 0.3 is 5.97 Å². The van der Waals surface area contributed by atoms with Crippen LogP contribution in [-0.2, 0) is 14.3 Å². The van der Waals surface area contributed by atoms with E-state index < -0.39 is 4.32 Å². The van der Waals surface area contributed by atoms with Crippen molar-refractivity contribution < 1.29 is 14.3 Å². The van der Waals surface area contributed by atoms with Crippen LogP contribution in [0.3, 0.4) is 0 Å². The molecule has 2 atom stereocenters. The molecule has 0 amide bonds. The van der Waals surface area contributed by atoms with Crippen LogP contribution in [0.4, 0.5) is 0 Å². The molecule has 0 N–H and O–H groups in total. The van der Waals surface area contributed by atoms with E-state index in [1.165, 1.54) is 7.11 Å². The topological polar surface area (TPSA) is 43.4 Å². The Morgan fingerprint density at radius 2 is 2.23 bits per heavy atom. The zero-order valence-electron chi connectivity index (χ0n) is 7.80. The van der Waals surface area contributed by atoms with E-state index in [9.17, 15) is 9.59 Å².